The molecule has 0 saturated heterocycles. The van der Waals surface area contributed by atoms with Gasteiger partial charge in [-0.3, -0.25) is 0 Å². The van der Waals surface area contributed by atoms with E-state index in [-0.39, 0.29) is 0 Å². The van der Waals surface area contributed by atoms with E-state index in [2.05, 4.69) is 33.0 Å². The molecule has 1 aliphatic carbocycles. The van der Waals surface area contributed by atoms with Gasteiger partial charge in [0.25, 0.3) is 0 Å². The molecule has 17 heavy (non-hydrogen) atoms. The predicted molar refractivity (Wildman–Crippen MR) is 77.3 cm³/mol. The van der Waals surface area contributed by atoms with E-state index >= 15 is 0 Å². The van der Waals surface area contributed by atoms with Gasteiger partial charge in [0.15, 0.2) is 0 Å². The van der Waals surface area contributed by atoms with Crippen LogP contribution in [0.4, 0.5) is 0 Å². The summed E-state index contributed by atoms with van der Waals surface area (Å²) in [5.41, 5.74) is 0. The molecule has 0 aromatic carbocycles. The summed E-state index contributed by atoms with van der Waals surface area (Å²) in [7, 11) is 0. The van der Waals surface area contributed by atoms with E-state index in [1.165, 1.54) is 51.5 Å². The molecule has 3 unspecified atom stereocenters. The lowest BCUT2D eigenvalue weighted by atomic mass is 9.76. The van der Waals surface area contributed by atoms with Crippen molar-refractivity contribution in [1.29, 1.82) is 0 Å². The molecule has 0 aliphatic heterocycles. The molecule has 102 valence electrons. The van der Waals surface area contributed by atoms with Gasteiger partial charge in [0, 0.05) is 6.04 Å². The maximum absolute atomic E-state index is 3.78. The van der Waals surface area contributed by atoms with Gasteiger partial charge in [-0.25, -0.2) is 0 Å². The van der Waals surface area contributed by atoms with Crippen molar-refractivity contribution < 1.29 is 0 Å². The first-order valence-corrected chi connectivity index (χ1v) is 7.86. The highest BCUT2D eigenvalue weighted by atomic mass is 14.9. The maximum Gasteiger partial charge on any atom is 0.00955 e. The highest BCUT2D eigenvalue weighted by Gasteiger charge is 2.27. The zero-order valence-electron chi connectivity index (χ0n) is 12.5. The van der Waals surface area contributed by atoms with Crippen LogP contribution in [-0.4, -0.2) is 12.6 Å². The zero-order valence-corrected chi connectivity index (χ0v) is 12.5. The van der Waals surface area contributed by atoms with Gasteiger partial charge in [-0.15, -0.1) is 0 Å². The predicted octanol–water partition coefficient (Wildman–Crippen LogP) is 4.62. The van der Waals surface area contributed by atoms with Crippen LogP contribution in [0.2, 0.25) is 0 Å². The van der Waals surface area contributed by atoms with Gasteiger partial charge in [-0.05, 0) is 56.4 Å². The van der Waals surface area contributed by atoms with Crippen molar-refractivity contribution in [3.05, 3.63) is 0 Å². The molecular weight excluding hydrogens is 206 g/mol. The fourth-order valence-electron chi connectivity index (χ4n) is 3.20. The zero-order chi connectivity index (χ0) is 12.7. The first-order valence-electron chi connectivity index (χ1n) is 7.86. The number of nitrogens with one attached hydrogen (secondary N) is 1. The minimum absolute atomic E-state index is 0.818. The summed E-state index contributed by atoms with van der Waals surface area (Å²) in [6.45, 7) is 10.6. The van der Waals surface area contributed by atoms with Gasteiger partial charge in [-0.2, -0.15) is 0 Å². The first kappa shape index (κ1) is 15.0. The molecule has 0 bridgehead atoms. The van der Waals surface area contributed by atoms with Crippen LogP contribution < -0.4 is 5.32 Å². The summed E-state index contributed by atoms with van der Waals surface area (Å²) < 4.78 is 0. The molecule has 1 rings (SSSR count). The largest absolute Gasteiger partial charge is 0.314 e. The monoisotopic (exact) mass is 239 g/mol. The Hall–Kier alpha value is -0.0400. The second-order valence-corrected chi connectivity index (χ2v) is 6.56. The van der Waals surface area contributed by atoms with Crippen LogP contribution in [0.5, 0.6) is 0 Å². The van der Waals surface area contributed by atoms with Crippen molar-refractivity contribution in [1.82, 2.24) is 5.32 Å². The molecule has 1 aliphatic rings. The lowest BCUT2D eigenvalue weighted by Gasteiger charge is -2.36. The summed E-state index contributed by atoms with van der Waals surface area (Å²) >= 11 is 0. The normalized spacial score (nSPS) is 29.8. The lowest BCUT2D eigenvalue weighted by Crippen LogP contribution is -2.40. The minimum atomic E-state index is 0.818. The van der Waals surface area contributed by atoms with Crippen LogP contribution in [0.1, 0.15) is 72.6 Å². The third kappa shape index (κ3) is 5.90. The summed E-state index contributed by atoms with van der Waals surface area (Å²) in [5.74, 6) is 2.78. The molecule has 1 nitrogen and oxygen atoms in total. The second-order valence-electron chi connectivity index (χ2n) is 6.56. The highest BCUT2D eigenvalue weighted by molar-refractivity contribution is 4.83. The Morgan fingerprint density at radius 3 is 2.65 bits per heavy atom. The third-order valence-corrected chi connectivity index (χ3v) is 4.26. The molecule has 0 aromatic rings. The van der Waals surface area contributed by atoms with Crippen molar-refractivity contribution >= 4 is 0 Å². The maximum atomic E-state index is 3.78. The molecule has 3 atom stereocenters. The standard InChI is InChI=1S/C16H33N/c1-5-11-17-16-10-9-14(4)12-15(16)8-6-7-13(2)3/h13-17H,5-12H2,1-4H3. The van der Waals surface area contributed by atoms with E-state index in [4.69, 9.17) is 0 Å². The molecule has 1 heteroatoms. The van der Waals surface area contributed by atoms with Gasteiger partial charge in [0.1, 0.15) is 0 Å². The summed E-state index contributed by atoms with van der Waals surface area (Å²) in [6.07, 6.45) is 9.86. The summed E-state index contributed by atoms with van der Waals surface area (Å²) in [5, 5.41) is 3.78. The number of hydrogen-bond donors (Lipinski definition) is 1. The van der Waals surface area contributed by atoms with Gasteiger partial charge >= 0.3 is 0 Å². The van der Waals surface area contributed by atoms with Crippen molar-refractivity contribution in [3.8, 4) is 0 Å². The van der Waals surface area contributed by atoms with Crippen molar-refractivity contribution in [3.63, 3.8) is 0 Å². The van der Waals surface area contributed by atoms with Crippen LogP contribution in [-0.2, 0) is 0 Å². The SMILES string of the molecule is CCCNC1CCC(C)CC1CCCC(C)C. The molecule has 0 heterocycles. The Morgan fingerprint density at radius 1 is 1.24 bits per heavy atom. The fraction of sp³-hybridized carbons (Fsp3) is 1.00. The van der Waals surface area contributed by atoms with Crippen molar-refractivity contribution in [2.24, 2.45) is 17.8 Å². The van der Waals surface area contributed by atoms with Crippen LogP contribution in [0, 0.1) is 17.8 Å². The van der Waals surface area contributed by atoms with Gasteiger partial charge < -0.3 is 5.32 Å². The Bertz CT molecular complexity index is 186. The average Bonchev–Trinajstić information content (AvgIpc) is 2.27. The van der Waals surface area contributed by atoms with Crippen LogP contribution in [0.3, 0.4) is 0 Å². The van der Waals surface area contributed by atoms with Gasteiger partial charge in [-0.1, -0.05) is 40.5 Å². The van der Waals surface area contributed by atoms with E-state index in [0.717, 1.165) is 23.8 Å². The van der Waals surface area contributed by atoms with E-state index < -0.39 is 0 Å². The molecule has 0 amide bonds. The Kier molecular flexibility index (Phi) is 7.18. The molecule has 1 saturated carbocycles. The Balaban J connectivity index is 2.32. The number of rotatable bonds is 7. The van der Waals surface area contributed by atoms with Gasteiger partial charge in [0.2, 0.25) is 0 Å². The van der Waals surface area contributed by atoms with Crippen molar-refractivity contribution in [2.45, 2.75) is 78.7 Å². The number of hydrogen-bond acceptors (Lipinski definition) is 1. The Morgan fingerprint density at radius 2 is 2.00 bits per heavy atom. The van der Waals surface area contributed by atoms with E-state index in [9.17, 15) is 0 Å². The van der Waals surface area contributed by atoms with Crippen LogP contribution >= 0.6 is 0 Å². The van der Waals surface area contributed by atoms with Crippen molar-refractivity contribution in [2.75, 3.05) is 6.54 Å². The van der Waals surface area contributed by atoms with Crippen LogP contribution in [0.15, 0.2) is 0 Å². The molecule has 1 fully saturated rings. The molecule has 0 radical (unpaired) electrons. The summed E-state index contributed by atoms with van der Waals surface area (Å²) in [6, 6.07) is 0.818. The fourth-order valence-corrected chi connectivity index (χ4v) is 3.20. The smallest absolute Gasteiger partial charge is 0.00955 e. The van der Waals surface area contributed by atoms with E-state index in [1.807, 2.05) is 0 Å². The third-order valence-electron chi connectivity index (χ3n) is 4.26. The lowest BCUT2D eigenvalue weighted by molar-refractivity contribution is 0.197. The quantitative estimate of drug-likeness (QED) is 0.683. The van der Waals surface area contributed by atoms with Crippen LogP contribution in [0.25, 0.3) is 0 Å². The average molecular weight is 239 g/mol. The first-order chi connectivity index (χ1) is 8.13. The Labute approximate surface area is 109 Å². The topological polar surface area (TPSA) is 12.0 Å². The summed E-state index contributed by atoms with van der Waals surface area (Å²) in [4.78, 5) is 0. The molecule has 0 spiro atoms. The minimum Gasteiger partial charge on any atom is -0.314 e. The van der Waals surface area contributed by atoms with Gasteiger partial charge in [0.05, 0.1) is 0 Å². The second kappa shape index (κ2) is 8.13. The highest BCUT2D eigenvalue weighted by Crippen LogP contribution is 2.32. The molecule has 1 N–H and O–H groups in total. The van der Waals surface area contributed by atoms with E-state index in [0.29, 0.717) is 0 Å². The van der Waals surface area contributed by atoms with E-state index in [1.54, 1.807) is 0 Å². The molecule has 0 aromatic heterocycles. The molecular formula is C16H33N.